The second-order valence-electron chi connectivity index (χ2n) is 7.09. The highest BCUT2D eigenvalue weighted by molar-refractivity contribution is 5.31. The lowest BCUT2D eigenvalue weighted by Crippen LogP contribution is -2.63. The lowest BCUT2D eigenvalue weighted by Gasteiger charge is -2.47. The minimum atomic E-state index is -1.07. The van der Waals surface area contributed by atoms with Crippen LogP contribution in [0.3, 0.4) is 0 Å². The molecule has 2 saturated heterocycles. The molecule has 0 bridgehead atoms. The fourth-order valence-corrected chi connectivity index (χ4v) is 3.60. The fraction of sp³-hybridized carbons (Fsp3) is 0.391. The summed E-state index contributed by atoms with van der Waals surface area (Å²) < 4.78 is 34.9. The van der Waals surface area contributed by atoms with Crippen LogP contribution in [0.4, 0.5) is 0 Å². The van der Waals surface area contributed by atoms with Gasteiger partial charge in [-0.15, -0.1) is 6.58 Å². The van der Waals surface area contributed by atoms with E-state index in [2.05, 4.69) is 6.58 Å². The molecule has 2 aliphatic heterocycles. The SMILES string of the molecule is C=CCOC1C(O)C(Oc2ccc(OC)cc2)OC2COC(c3ccccc3)OC21. The van der Waals surface area contributed by atoms with Crippen molar-refractivity contribution in [2.75, 3.05) is 20.3 Å². The van der Waals surface area contributed by atoms with Crippen molar-refractivity contribution < 1.29 is 33.5 Å². The summed E-state index contributed by atoms with van der Waals surface area (Å²) >= 11 is 0. The van der Waals surface area contributed by atoms with Crippen LogP contribution in [0.25, 0.3) is 0 Å². The highest BCUT2D eigenvalue weighted by atomic mass is 16.8. The maximum atomic E-state index is 11.0. The van der Waals surface area contributed by atoms with Crippen LogP contribution >= 0.6 is 0 Å². The number of aliphatic hydroxyl groups is 1. The van der Waals surface area contributed by atoms with Crippen molar-refractivity contribution in [1.82, 2.24) is 0 Å². The number of methoxy groups -OCH3 is 1. The van der Waals surface area contributed by atoms with Crippen molar-refractivity contribution in [2.24, 2.45) is 0 Å². The molecule has 4 rings (SSSR count). The molecule has 7 heteroatoms. The molecule has 7 nitrogen and oxygen atoms in total. The van der Waals surface area contributed by atoms with Crippen molar-refractivity contribution in [1.29, 1.82) is 0 Å². The molecule has 0 aliphatic carbocycles. The number of benzene rings is 2. The van der Waals surface area contributed by atoms with Gasteiger partial charge in [0.1, 0.15) is 35.9 Å². The predicted octanol–water partition coefficient (Wildman–Crippen LogP) is 2.85. The van der Waals surface area contributed by atoms with E-state index in [0.29, 0.717) is 11.5 Å². The minimum Gasteiger partial charge on any atom is -0.497 e. The topological polar surface area (TPSA) is 75.6 Å². The fourth-order valence-electron chi connectivity index (χ4n) is 3.60. The average molecular weight is 414 g/mol. The number of hydrogen-bond donors (Lipinski definition) is 1. The predicted molar refractivity (Wildman–Crippen MR) is 108 cm³/mol. The summed E-state index contributed by atoms with van der Waals surface area (Å²) in [5.41, 5.74) is 0.893. The number of aliphatic hydroxyl groups excluding tert-OH is 1. The molecule has 6 atom stereocenters. The van der Waals surface area contributed by atoms with Gasteiger partial charge in [0.15, 0.2) is 6.29 Å². The Labute approximate surface area is 175 Å². The van der Waals surface area contributed by atoms with Gasteiger partial charge in [-0.2, -0.15) is 0 Å². The van der Waals surface area contributed by atoms with Gasteiger partial charge in [0.05, 0.1) is 20.3 Å². The van der Waals surface area contributed by atoms with Crippen LogP contribution in [0.15, 0.2) is 67.3 Å². The van der Waals surface area contributed by atoms with Gasteiger partial charge in [-0.05, 0) is 24.3 Å². The van der Waals surface area contributed by atoms with Gasteiger partial charge in [-0.3, -0.25) is 0 Å². The molecule has 2 heterocycles. The summed E-state index contributed by atoms with van der Waals surface area (Å²) in [5.74, 6) is 1.25. The van der Waals surface area contributed by atoms with Crippen LogP contribution in [0.5, 0.6) is 11.5 Å². The van der Waals surface area contributed by atoms with E-state index in [1.165, 1.54) is 0 Å². The Bertz CT molecular complexity index is 810. The highest BCUT2D eigenvalue weighted by Crippen LogP contribution is 2.36. The van der Waals surface area contributed by atoms with E-state index >= 15 is 0 Å². The zero-order valence-corrected chi connectivity index (χ0v) is 16.8. The van der Waals surface area contributed by atoms with Crippen molar-refractivity contribution >= 4 is 0 Å². The second-order valence-corrected chi connectivity index (χ2v) is 7.09. The van der Waals surface area contributed by atoms with Crippen molar-refractivity contribution in [3.8, 4) is 11.5 Å². The molecule has 2 aromatic rings. The summed E-state index contributed by atoms with van der Waals surface area (Å²) in [5, 5.41) is 11.0. The van der Waals surface area contributed by atoms with Crippen LogP contribution in [0, 0.1) is 0 Å². The van der Waals surface area contributed by atoms with Crippen LogP contribution < -0.4 is 9.47 Å². The molecule has 0 saturated carbocycles. The third kappa shape index (κ3) is 4.50. The average Bonchev–Trinajstić information content (AvgIpc) is 2.80. The summed E-state index contributed by atoms with van der Waals surface area (Å²) in [6, 6.07) is 16.7. The standard InChI is InChI=1S/C23H26O7/c1-3-13-26-21-19(24)23(28-17-11-9-16(25-2)10-12-17)29-18-14-27-22(30-20(18)21)15-7-5-4-6-8-15/h3-12,18-24H,1,13-14H2,2H3. The zero-order chi connectivity index (χ0) is 20.9. The first-order valence-electron chi connectivity index (χ1n) is 9.88. The molecular formula is C23H26O7. The number of hydrogen-bond acceptors (Lipinski definition) is 7. The van der Waals surface area contributed by atoms with E-state index in [9.17, 15) is 5.11 Å². The van der Waals surface area contributed by atoms with Crippen molar-refractivity contribution in [3.05, 3.63) is 72.8 Å². The Morgan fingerprint density at radius 2 is 1.80 bits per heavy atom. The Kier molecular flexibility index (Phi) is 6.66. The molecular weight excluding hydrogens is 388 g/mol. The van der Waals surface area contributed by atoms with Crippen LogP contribution in [0.2, 0.25) is 0 Å². The lowest BCUT2D eigenvalue weighted by molar-refractivity contribution is -0.354. The van der Waals surface area contributed by atoms with Crippen LogP contribution in [0.1, 0.15) is 11.9 Å². The number of ether oxygens (including phenoxy) is 6. The molecule has 30 heavy (non-hydrogen) atoms. The summed E-state index contributed by atoms with van der Waals surface area (Å²) in [6.07, 6.45) is -2.57. The Morgan fingerprint density at radius 1 is 1.07 bits per heavy atom. The van der Waals surface area contributed by atoms with Gasteiger partial charge in [0, 0.05) is 5.56 Å². The quantitative estimate of drug-likeness (QED) is 0.698. The third-order valence-corrected chi connectivity index (χ3v) is 5.10. The van der Waals surface area contributed by atoms with E-state index in [1.54, 1.807) is 37.5 Å². The van der Waals surface area contributed by atoms with Crippen LogP contribution in [-0.2, 0) is 18.9 Å². The number of fused-ring (bicyclic) bond motifs is 1. The van der Waals surface area contributed by atoms with Gasteiger partial charge in [-0.1, -0.05) is 36.4 Å². The monoisotopic (exact) mass is 414 g/mol. The lowest BCUT2D eigenvalue weighted by atomic mass is 9.97. The van der Waals surface area contributed by atoms with Gasteiger partial charge in [-0.25, -0.2) is 0 Å². The van der Waals surface area contributed by atoms with Crippen molar-refractivity contribution in [2.45, 2.75) is 37.0 Å². The zero-order valence-electron chi connectivity index (χ0n) is 16.8. The molecule has 2 aliphatic rings. The maximum absolute atomic E-state index is 11.0. The maximum Gasteiger partial charge on any atom is 0.229 e. The molecule has 6 unspecified atom stereocenters. The largest absolute Gasteiger partial charge is 0.497 e. The number of rotatable bonds is 7. The normalized spacial score (nSPS) is 30.9. The van der Waals surface area contributed by atoms with E-state index in [-0.39, 0.29) is 13.2 Å². The van der Waals surface area contributed by atoms with E-state index in [1.807, 2.05) is 30.3 Å². The first-order chi connectivity index (χ1) is 14.7. The molecule has 2 fully saturated rings. The Balaban J connectivity index is 1.50. The second kappa shape index (κ2) is 9.59. The molecule has 0 radical (unpaired) electrons. The first-order valence-corrected chi connectivity index (χ1v) is 9.88. The first kappa shape index (κ1) is 20.8. The summed E-state index contributed by atoms with van der Waals surface area (Å²) in [6.45, 7) is 4.24. The Morgan fingerprint density at radius 3 is 2.50 bits per heavy atom. The van der Waals surface area contributed by atoms with Crippen LogP contribution in [-0.4, -0.2) is 56.1 Å². The molecule has 0 aromatic heterocycles. The molecule has 1 N–H and O–H groups in total. The highest BCUT2D eigenvalue weighted by Gasteiger charge is 2.51. The van der Waals surface area contributed by atoms with E-state index in [4.69, 9.17) is 28.4 Å². The van der Waals surface area contributed by atoms with E-state index < -0.39 is 37.0 Å². The smallest absolute Gasteiger partial charge is 0.229 e. The minimum absolute atomic E-state index is 0.264. The summed E-state index contributed by atoms with van der Waals surface area (Å²) in [7, 11) is 1.59. The summed E-state index contributed by atoms with van der Waals surface area (Å²) in [4.78, 5) is 0. The molecule has 0 amide bonds. The van der Waals surface area contributed by atoms with Gasteiger partial charge >= 0.3 is 0 Å². The molecule has 0 spiro atoms. The Hall–Kier alpha value is -2.42. The van der Waals surface area contributed by atoms with Gasteiger partial charge in [0.25, 0.3) is 0 Å². The third-order valence-electron chi connectivity index (χ3n) is 5.10. The van der Waals surface area contributed by atoms with Crippen molar-refractivity contribution in [3.63, 3.8) is 0 Å². The van der Waals surface area contributed by atoms with E-state index in [0.717, 1.165) is 5.56 Å². The van der Waals surface area contributed by atoms with Gasteiger partial charge in [0.2, 0.25) is 6.29 Å². The molecule has 2 aromatic carbocycles. The molecule has 160 valence electrons. The van der Waals surface area contributed by atoms with Gasteiger partial charge < -0.3 is 33.5 Å².